The molecule has 2 heterocycles. The van der Waals surface area contributed by atoms with Gasteiger partial charge in [-0.2, -0.15) is 5.10 Å². The molecule has 0 bridgehead atoms. The van der Waals surface area contributed by atoms with Gasteiger partial charge in [-0.3, -0.25) is 25.2 Å². The second-order valence-corrected chi connectivity index (χ2v) is 10.2. The van der Waals surface area contributed by atoms with Gasteiger partial charge in [0.2, 0.25) is 10.0 Å². The molecule has 0 radical (unpaired) electrons. The molecule has 2 aromatic heterocycles. The zero-order valence-corrected chi connectivity index (χ0v) is 19.4. The molecule has 0 aliphatic rings. The molecule has 12 heteroatoms. The van der Waals surface area contributed by atoms with E-state index in [2.05, 4.69) is 16.0 Å². The Bertz CT molecular complexity index is 1580. The minimum Gasteiger partial charge on any atom is -0.267 e. The first-order valence-electron chi connectivity index (χ1n) is 9.93. The molecule has 0 aliphatic heterocycles. The van der Waals surface area contributed by atoms with E-state index in [-0.39, 0.29) is 26.9 Å². The second-order valence-electron chi connectivity index (χ2n) is 7.37. The van der Waals surface area contributed by atoms with Crippen LogP contribution in [0.2, 0.25) is 0 Å². The maximum atomic E-state index is 12.9. The van der Waals surface area contributed by atoms with Crippen molar-refractivity contribution >= 4 is 43.9 Å². The summed E-state index contributed by atoms with van der Waals surface area (Å²) >= 11 is 0.693. The average molecular weight is 498 g/mol. The van der Waals surface area contributed by atoms with Gasteiger partial charge in [-0.1, -0.05) is 48.5 Å². The van der Waals surface area contributed by atoms with Gasteiger partial charge in [-0.15, -0.1) is 11.3 Å². The van der Waals surface area contributed by atoms with Gasteiger partial charge in [0.25, 0.3) is 17.4 Å². The van der Waals surface area contributed by atoms with Crippen LogP contribution in [0, 0.1) is 6.92 Å². The molecule has 0 aliphatic carbocycles. The zero-order chi connectivity index (χ0) is 24.5. The summed E-state index contributed by atoms with van der Waals surface area (Å²) in [5, 5.41) is 9.99. The summed E-state index contributed by atoms with van der Waals surface area (Å²) in [7, 11) is -3.96. The molecule has 34 heavy (non-hydrogen) atoms. The number of nitrogens with two attached hydrogens (primary N) is 1. The van der Waals surface area contributed by atoms with Crippen molar-refractivity contribution in [3.8, 4) is 0 Å². The van der Waals surface area contributed by atoms with Crippen LogP contribution in [0.4, 0.5) is 0 Å². The molecule has 2 aromatic carbocycles. The highest BCUT2D eigenvalue weighted by atomic mass is 32.2. The average Bonchev–Trinajstić information content (AvgIpc) is 3.22. The van der Waals surface area contributed by atoms with Crippen LogP contribution in [0.1, 0.15) is 31.3 Å². The van der Waals surface area contributed by atoms with E-state index in [1.54, 1.807) is 31.2 Å². The van der Waals surface area contributed by atoms with Crippen LogP contribution in [-0.2, 0) is 16.6 Å². The van der Waals surface area contributed by atoms with Gasteiger partial charge in [-0.25, -0.2) is 18.2 Å². The fourth-order valence-electron chi connectivity index (χ4n) is 3.31. The Balaban J connectivity index is 1.62. The summed E-state index contributed by atoms with van der Waals surface area (Å²) in [5.41, 5.74) is 5.35. The van der Waals surface area contributed by atoms with Gasteiger partial charge in [0.1, 0.15) is 4.21 Å². The molecule has 4 N–H and O–H groups in total. The third kappa shape index (κ3) is 4.73. The molecule has 0 unspecified atom stereocenters. The lowest BCUT2D eigenvalue weighted by molar-refractivity contribution is 0.0845. The largest absolute Gasteiger partial charge is 0.290 e. The van der Waals surface area contributed by atoms with Crippen molar-refractivity contribution in [2.75, 3.05) is 0 Å². The number of primary sulfonamides is 1. The minimum absolute atomic E-state index is 0.0560. The quantitative estimate of drug-likeness (QED) is 0.356. The number of rotatable bonds is 5. The van der Waals surface area contributed by atoms with E-state index >= 15 is 0 Å². The fourth-order valence-corrected chi connectivity index (χ4v) is 5.17. The van der Waals surface area contributed by atoms with Gasteiger partial charge < -0.3 is 0 Å². The van der Waals surface area contributed by atoms with E-state index in [0.717, 1.165) is 5.56 Å². The summed E-state index contributed by atoms with van der Waals surface area (Å²) in [6.45, 7) is 1.71. The molecule has 0 saturated carbocycles. The van der Waals surface area contributed by atoms with Crippen LogP contribution in [0.25, 0.3) is 10.8 Å². The van der Waals surface area contributed by atoms with Crippen molar-refractivity contribution in [3.63, 3.8) is 0 Å². The number of aromatic nitrogens is 2. The van der Waals surface area contributed by atoms with Gasteiger partial charge in [0.05, 0.1) is 16.8 Å². The number of nitrogens with one attached hydrogen (secondary N) is 2. The van der Waals surface area contributed by atoms with E-state index in [1.807, 2.05) is 30.3 Å². The van der Waals surface area contributed by atoms with E-state index < -0.39 is 21.8 Å². The SMILES string of the molecule is Cc1cc(S(N)(=O)=O)sc1C(=O)NNC(=O)c1nn(Cc2ccccc2)c(=O)c2ccccc12. The summed E-state index contributed by atoms with van der Waals surface area (Å²) in [5.74, 6) is -1.46. The molecule has 2 amide bonds. The number of benzene rings is 2. The number of aryl methyl sites for hydroxylation is 1. The lowest BCUT2D eigenvalue weighted by Crippen LogP contribution is -2.42. The number of amides is 2. The number of carbonyl (C=O) groups is 2. The summed E-state index contributed by atoms with van der Waals surface area (Å²) in [6.07, 6.45) is 0. The van der Waals surface area contributed by atoms with Gasteiger partial charge in [-0.05, 0) is 30.2 Å². The lowest BCUT2D eigenvalue weighted by atomic mass is 10.1. The molecule has 4 aromatic rings. The molecule has 4 rings (SSSR count). The van der Waals surface area contributed by atoms with Crippen molar-refractivity contribution in [1.29, 1.82) is 0 Å². The Kier molecular flexibility index (Phi) is 6.28. The van der Waals surface area contributed by atoms with Crippen LogP contribution in [0.3, 0.4) is 0 Å². The molecule has 0 atom stereocenters. The van der Waals surface area contributed by atoms with Crippen molar-refractivity contribution in [1.82, 2.24) is 20.6 Å². The van der Waals surface area contributed by atoms with Gasteiger partial charge in [0, 0.05) is 5.39 Å². The van der Waals surface area contributed by atoms with Crippen molar-refractivity contribution < 1.29 is 18.0 Å². The fraction of sp³-hybridized carbons (Fsp3) is 0.0909. The number of carbonyl (C=O) groups excluding carboxylic acids is 2. The first-order valence-corrected chi connectivity index (χ1v) is 12.3. The summed E-state index contributed by atoms with van der Waals surface area (Å²) < 4.78 is 24.1. The number of fused-ring (bicyclic) bond motifs is 1. The molecule has 10 nitrogen and oxygen atoms in total. The number of hydrazine groups is 1. The van der Waals surface area contributed by atoms with Crippen LogP contribution >= 0.6 is 11.3 Å². The molecule has 0 saturated heterocycles. The molecule has 174 valence electrons. The molecular formula is C22H19N5O5S2. The first kappa shape index (κ1) is 23.3. The Labute approximate surface area is 198 Å². The highest BCUT2D eigenvalue weighted by Crippen LogP contribution is 2.24. The Morgan fingerprint density at radius 2 is 1.62 bits per heavy atom. The van der Waals surface area contributed by atoms with Crippen molar-refractivity contribution in [2.24, 2.45) is 5.14 Å². The van der Waals surface area contributed by atoms with Crippen LogP contribution in [0.5, 0.6) is 0 Å². The first-order chi connectivity index (χ1) is 16.1. The predicted octanol–water partition coefficient (Wildman–Crippen LogP) is 1.54. The summed E-state index contributed by atoms with van der Waals surface area (Å²) in [4.78, 5) is 38.5. The maximum Gasteiger partial charge on any atom is 0.290 e. The molecule has 0 spiro atoms. The lowest BCUT2D eigenvalue weighted by Gasteiger charge is -2.12. The smallest absolute Gasteiger partial charge is 0.267 e. The monoisotopic (exact) mass is 497 g/mol. The van der Waals surface area contributed by atoms with Crippen molar-refractivity contribution in [2.45, 2.75) is 17.7 Å². The standard InChI is InChI=1S/C22H19N5O5S2/c1-13-11-17(34(23,31)32)33-19(13)21(29)25-24-20(28)18-15-9-5-6-10-16(15)22(30)27(26-18)12-14-7-3-2-4-8-14/h2-11H,12H2,1H3,(H,24,28)(H,25,29)(H2,23,31,32). The number of thiophene rings is 1. The predicted molar refractivity (Wildman–Crippen MR) is 127 cm³/mol. The molecular weight excluding hydrogens is 478 g/mol. The second kappa shape index (κ2) is 9.17. The molecule has 0 fully saturated rings. The minimum atomic E-state index is -3.96. The highest BCUT2D eigenvalue weighted by molar-refractivity contribution is 7.91. The van der Waals surface area contributed by atoms with E-state index in [9.17, 15) is 22.8 Å². The van der Waals surface area contributed by atoms with Crippen LogP contribution in [-0.4, -0.2) is 30.0 Å². The van der Waals surface area contributed by atoms with Crippen molar-refractivity contribution in [3.05, 3.63) is 92.7 Å². The van der Waals surface area contributed by atoms with E-state index in [4.69, 9.17) is 5.14 Å². The number of sulfonamides is 1. The van der Waals surface area contributed by atoms with E-state index in [0.29, 0.717) is 27.7 Å². The summed E-state index contributed by atoms with van der Waals surface area (Å²) in [6, 6.07) is 17.0. The number of hydrogen-bond acceptors (Lipinski definition) is 7. The third-order valence-corrected chi connectivity index (χ3v) is 7.59. The Hall–Kier alpha value is -3.87. The topological polar surface area (TPSA) is 153 Å². The zero-order valence-electron chi connectivity index (χ0n) is 17.8. The van der Waals surface area contributed by atoms with Gasteiger partial charge >= 0.3 is 0 Å². The normalized spacial score (nSPS) is 11.4. The Morgan fingerprint density at radius 1 is 1.00 bits per heavy atom. The van der Waals surface area contributed by atoms with Crippen LogP contribution in [0.15, 0.2) is 69.7 Å². The number of nitrogens with zero attached hydrogens (tertiary/aromatic N) is 2. The van der Waals surface area contributed by atoms with E-state index in [1.165, 1.54) is 10.7 Å². The third-order valence-electron chi connectivity index (χ3n) is 4.93. The van der Waals surface area contributed by atoms with Crippen LogP contribution < -0.4 is 21.5 Å². The Morgan fingerprint density at radius 3 is 2.26 bits per heavy atom. The number of hydrogen-bond donors (Lipinski definition) is 3. The highest BCUT2D eigenvalue weighted by Gasteiger charge is 2.21. The maximum absolute atomic E-state index is 12.9. The van der Waals surface area contributed by atoms with Gasteiger partial charge in [0.15, 0.2) is 5.69 Å².